The summed E-state index contributed by atoms with van der Waals surface area (Å²) in [7, 11) is 1.62. The SMILES string of the molecule is COc1ccc(COC[C@H]2O[C@@H]3OC(C)(C)O[C@@H]3NC2=O)cc1. The van der Waals surface area contributed by atoms with Gasteiger partial charge in [-0.25, -0.2) is 0 Å². The summed E-state index contributed by atoms with van der Waals surface area (Å²) in [5.41, 5.74) is 0.987. The number of ether oxygens (including phenoxy) is 5. The summed E-state index contributed by atoms with van der Waals surface area (Å²) in [6.45, 7) is 4.07. The first-order valence-corrected chi connectivity index (χ1v) is 7.49. The van der Waals surface area contributed by atoms with Crippen LogP contribution in [0.4, 0.5) is 0 Å². The van der Waals surface area contributed by atoms with Gasteiger partial charge < -0.3 is 29.0 Å². The molecule has 0 radical (unpaired) electrons. The Balaban J connectivity index is 1.49. The van der Waals surface area contributed by atoms with E-state index < -0.39 is 24.4 Å². The molecule has 2 heterocycles. The number of morpholine rings is 1. The molecule has 0 aromatic heterocycles. The van der Waals surface area contributed by atoms with E-state index in [0.717, 1.165) is 11.3 Å². The highest BCUT2D eigenvalue weighted by molar-refractivity contribution is 5.81. The molecule has 2 aliphatic heterocycles. The highest BCUT2D eigenvalue weighted by atomic mass is 16.8. The fourth-order valence-electron chi connectivity index (χ4n) is 2.50. The zero-order valence-corrected chi connectivity index (χ0v) is 13.4. The van der Waals surface area contributed by atoms with Gasteiger partial charge in [-0.1, -0.05) is 12.1 Å². The van der Waals surface area contributed by atoms with E-state index in [2.05, 4.69) is 5.32 Å². The molecule has 0 spiro atoms. The second-order valence-corrected chi connectivity index (χ2v) is 5.92. The Morgan fingerprint density at radius 1 is 1.22 bits per heavy atom. The lowest BCUT2D eigenvalue weighted by atomic mass is 10.2. The third kappa shape index (κ3) is 3.81. The molecule has 2 aliphatic rings. The van der Waals surface area contributed by atoms with Crippen LogP contribution in [0.3, 0.4) is 0 Å². The van der Waals surface area contributed by atoms with Crippen LogP contribution in [-0.2, 0) is 30.3 Å². The molecule has 0 bridgehead atoms. The van der Waals surface area contributed by atoms with Crippen LogP contribution in [0.1, 0.15) is 19.4 Å². The largest absolute Gasteiger partial charge is 0.497 e. The van der Waals surface area contributed by atoms with Crippen LogP contribution in [0.5, 0.6) is 5.75 Å². The summed E-state index contributed by atoms with van der Waals surface area (Å²) in [6, 6.07) is 7.54. The van der Waals surface area contributed by atoms with Crippen molar-refractivity contribution in [1.29, 1.82) is 0 Å². The minimum absolute atomic E-state index is 0.144. The van der Waals surface area contributed by atoms with E-state index in [9.17, 15) is 4.79 Å². The van der Waals surface area contributed by atoms with Gasteiger partial charge in [-0.2, -0.15) is 0 Å². The highest BCUT2D eigenvalue weighted by Gasteiger charge is 2.48. The molecule has 2 fully saturated rings. The number of fused-ring (bicyclic) bond motifs is 1. The summed E-state index contributed by atoms with van der Waals surface area (Å²) < 4.78 is 27.4. The van der Waals surface area contributed by atoms with Crippen LogP contribution in [0, 0.1) is 0 Å². The van der Waals surface area contributed by atoms with Crippen LogP contribution < -0.4 is 10.1 Å². The monoisotopic (exact) mass is 323 g/mol. The molecule has 23 heavy (non-hydrogen) atoms. The predicted octanol–water partition coefficient (Wildman–Crippen LogP) is 1.16. The van der Waals surface area contributed by atoms with E-state index in [1.165, 1.54) is 0 Å². The summed E-state index contributed by atoms with van der Waals surface area (Å²) in [4.78, 5) is 12.0. The van der Waals surface area contributed by atoms with E-state index in [1.54, 1.807) is 21.0 Å². The second kappa shape index (κ2) is 6.45. The lowest BCUT2D eigenvalue weighted by Crippen LogP contribution is -2.56. The fraction of sp³-hybridized carbons (Fsp3) is 0.562. The van der Waals surface area contributed by atoms with Crippen LogP contribution >= 0.6 is 0 Å². The van der Waals surface area contributed by atoms with Gasteiger partial charge in [-0.3, -0.25) is 4.79 Å². The van der Waals surface area contributed by atoms with Crippen LogP contribution in [0.25, 0.3) is 0 Å². The van der Waals surface area contributed by atoms with Gasteiger partial charge in [-0.15, -0.1) is 0 Å². The normalized spacial score (nSPS) is 29.0. The highest BCUT2D eigenvalue weighted by Crippen LogP contribution is 2.30. The van der Waals surface area contributed by atoms with Gasteiger partial charge in [0.05, 0.1) is 20.3 Å². The zero-order chi connectivity index (χ0) is 16.4. The maximum Gasteiger partial charge on any atom is 0.253 e. The lowest BCUT2D eigenvalue weighted by Gasteiger charge is -2.29. The molecular formula is C16H21NO6. The molecule has 1 N–H and O–H groups in total. The molecule has 0 aliphatic carbocycles. The fourth-order valence-corrected chi connectivity index (χ4v) is 2.50. The minimum Gasteiger partial charge on any atom is -0.497 e. The van der Waals surface area contributed by atoms with Crippen molar-refractivity contribution >= 4 is 5.91 Å². The molecule has 7 nitrogen and oxygen atoms in total. The Kier molecular flexibility index (Phi) is 4.54. The van der Waals surface area contributed by atoms with Crippen molar-refractivity contribution in [3.05, 3.63) is 29.8 Å². The molecule has 3 rings (SSSR count). The second-order valence-electron chi connectivity index (χ2n) is 5.92. The van der Waals surface area contributed by atoms with Crippen molar-refractivity contribution in [3.8, 4) is 5.75 Å². The molecule has 7 heteroatoms. The Morgan fingerprint density at radius 3 is 2.65 bits per heavy atom. The number of benzene rings is 1. The summed E-state index contributed by atoms with van der Waals surface area (Å²) in [5.74, 6) is -0.250. The number of carbonyl (C=O) groups is 1. The molecule has 1 aromatic carbocycles. The molecule has 1 aromatic rings. The van der Waals surface area contributed by atoms with Crippen molar-refractivity contribution in [2.24, 2.45) is 0 Å². The number of nitrogens with one attached hydrogen (secondary N) is 1. The number of hydrogen-bond acceptors (Lipinski definition) is 6. The van der Waals surface area contributed by atoms with E-state index in [1.807, 2.05) is 24.3 Å². The number of rotatable bonds is 5. The van der Waals surface area contributed by atoms with Crippen molar-refractivity contribution in [1.82, 2.24) is 5.32 Å². The van der Waals surface area contributed by atoms with Gasteiger partial charge in [0.15, 0.2) is 18.1 Å². The third-order valence-corrected chi connectivity index (χ3v) is 3.63. The first kappa shape index (κ1) is 16.2. The third-order valence-electron chi connectivity index (χ3n) is 3.63. The van der Waals surface area contributed by atoms with Gasteiger partial charge in [-0.05, 0) is 31.5 Å². The zero-order valence-electron chi connectivity index (χ0n) is 13.4. The Morgan fingerprint density at radius 2 is 1.96 bits per heavy atom. The molecule has 0 saturated carbocycles. The summed E-state index contributed by atoms with van der Waals surface area (Å²) >= 11 is 0. The maximum absolute atomic E-state index is 12.0. The van der Waals surface area contributed by atoms with Gasteiger partial charge in [0.2, 0.25) is 6.29 Å². The summed E-state index contributed by atoms with van der Waals surface area (Å²) in [5, 5.41) is 2.74. The smallest absolute Gasteiger partial charge is 0.253 e. The number of hydrogen-bond donors (Lipinski definition) is 1. The van der Waals surface area contributed by atoms with E-state index in [0.29, 0.717) is 6.61 Å². The molecule has 3 atom stereocenters. The number of carbonyl (C=O) groups excluding carboxylic acids is 1. The maximum atomic E-state index is 12.0. The van der Waals surface area contributed by atoms with Gasteiger partial charge in [0.1, 0.15) is 5.75 Å². The minimum atomic E-state index is -0.776. The van der Waals surface area contributed by atoms with Gasteiger partial charge in [0, 0.05) is 0 Å². The first-order chi connectivity index (χ1) is 11.0. The lowest BCUT2D eigenvalue weighted by molar-refractivity contribution is -0.217. The molecule has 126 valence electrons. The van der Waals surface area contributed by atoms with Crippen molar-refractivity contribution in [3.63, 3.8) is 0 Å². The standard InChI is InChI=1S/C16H21NO6/c1-16(2)22-14-15(23-16)21-12(13(18)17-14)9-20-8-10-4-6-11(19-3)7-5-10/h4-7,12,14-15H,8-9H2,1-3H3,(H,17,18)/t12-,14+,15-/m1/s1. The average Bonchev–Trinajstić information content (AvgIpc) is 2.81. The van der Waals surface area contributed by atoms with Crippen molar-refractivity contribution in [2.45, 2.75) is 44.9 Å². The van der Waals surface area contributed by atoms with E-state index in [-0.39, 0.29) is 12.5 Å². The predicted molar refractivity (Wildman–Crippen MR) is 79.5 cm³/mol. The molecule has 2 saturated heterocycles. The Bertz CT molecular complexity index is 558. The van der Waals surface area contributed by atoms with Crippen LogP contribution in [0.15, 0.2) is 24.3 Å². The molecule has 1 amide bonds. The first-order valence-electron chi connectivity index (χ1n) is 7.49. The van der Waals surface area contributed by atoms with Crippen molar-refractivity contribution < 1.29 is 28.5 Å². The number of amides is 1. The van der Waals surface area contributed by atoms with Gasteiger partial charge >= 0.3 is 0 Å². The van der Waals surface area contributed by atoms with E-state index >= 15 is 0 Å². The topological polar surface area (TPSA) is 75.2 Å². The Labute approximate surface area is 134 Å². The van der Waals surface area contributed by atoms with Crippen LogP contribution in [-0.4, -0.2) is 44.0 Å². The van der Waals surface area contributed by atoms with Gasteiger partial charge in [0.25, 0.3) is 5.91 Å². The molecular weight excluding hydrogens is 302 g/mol. The Hall–Kier alpha value is -1.67. The van der Waals surface area contributed by atoms with Crippen LogP contribution in [0.2, 0.25) is 0 Å². The van der Waals surface area contributed by atoms with E-state index in [4.69, 9.17) is 23.7 Å². The molecule has 0 unspecified atom stereocenters. The average molecular weight is 323 g/mol. The summed E-state index contributed by atoms with van der Waals surface area (Å²) in [6.07, 6.45) is -1.90. The van der Waals surface area contributed by atoms with Crippen molar-refractivity contribution in [2.75, 3.05) is 13.7 Å². The quantitative estimate of drug-likeness (QED) is 0.876. The number of methoxy groups -OCH3 is 1.